The van der Waals surface area contributed by atoms with Crippen LogP contribution in [0.5, 0.6) is 0 Å². The standard InChI is InChI=1S/C19H27NO2/c1-12-8-13(2)17-6-5-7-20(18(17)9-12)19(21)16-10-14(3)22-15(4)11-16/h8-9,14-16H,5-7,10-11H2,1-4H3/t14-,15+,16?. The van der Waals surface area contributed by atoms with Crippen LogP contribution in [-0.4, -0.2) is 24.7 Å². The number of carbonyl (C=O) groups is 1. The van der Waals surface area contributed by atoms with Crippen molar-refractivity contribution in [1.29, 1.82) is 0 Å². The molecule has 3 heteroatoms. The highest BCUT2D eigenvalue weighted by atomic mass is 16.5. The molecule has 3 rings (SSSR count). The van der Waals surface area contributed by atoms with Gasteiger partial charge in [0.2, 0.25) is 5.91 Å². The van der Waals surface area contributed by atoms with Crippen molar-refractivity contribution in [2.24, 2.45) is 5.92 Å². The minimum atomic E-state index is 0.102. The molecule has 22 heavy (non-hydrogen) atoms. The fourth-order valence-electron chi connectivity index (χ4n) is 4.13. The summed E-state index contributed by atoms with van der Waals surface area (Å²) >= 11 is 0. The lowest BCUT2D eigenvalue weighted by Crippen LogP contribution is -2.44. The average Bonchev–Trinajstić information content (AvgIpc) is 2.45. The van der Waals surface area contributed by atoms with Gasteiger partial charge < -0.3 is 9.64 Å². The van der Waals surface area contributed by atoms with Crippen LogP contribution in [0.25, 0.3) is 0 Å². The van der Waals surface area contributed by atoms with Crippen molar-refractivity contribution in [3.8, 4) is 0 Å². The van der Waals surface area contributed by atoms with Gasteiger partial charge in [0.15, 0.2) is 0 Å². The van der Waals surface area contributed by atoms with E-state index in [1.165, 1.54) is 16.7 Å². The number of hydrogen-bond acceptors (Lipinski definition) is 2. The Kier molecular flexibility index (Phi) is 4.26. The molecule has 3 nitrogen and oxygen atoms in total. The van der Waals surface area contributed by atoms with Crippen LogP contribution in [0.1, 0.15) is 49.8 Å². The molecule has 0 aliphatic carbocycles. The van der Waals surface area contributed by atoms with Gasteiger partial charge >= 0.3 is 0 Å². The van der Waals surface area contributed by atoms with E-state index in [1.807, 2.05) is 4.90 Å². The molecule has 1 saturated heterocycles. The Bertz CT molecular complexity index is 571. The molecule has 1 aromatic carbocycles. The van der Waals surface area contributed by atoms with Crippen LogP contribution in [0.15, 0.2) is 12.1 Å². The molecule has 1 unspecified atom stereocenters. The van der Waals surface area contributed by atoms with E-state index in [4.69, 9.17) is 4.74 Å². The number of benzene rings is 1. The predicted molar refractivity (Wildman–Crippen MR) is 89.3 cm³/mol. The minimum absolute atomic E-state index is 0.102. The molecular weight excluding hydrogens is 274 g/mol. The number of nitrogens with zero attached hydrogens (tertiary/aromatic N) is 1. The second kappa shape index (κ2) is 6.04. The van der Waals surface area contributed by atoms with Gasteiger partial charge in [-0.15, -0.1) is 0 Å². The lowest BCUT2D eigenvalue weighted by molar-refractivity contribution is -0.130. The Balaban J connectivity index is 1.89. The molecule has 120 valence electrons. The first-order chi connectivity index (χ1) is 10.5. The molecule has 0 radical (unpaired) electrons. The highest BCUT2D eigenvalue weighted by Crippen LogP contribution is 2.34. The molecule has 2 heterocycles. The van der Waals surface area contributed by atoms with Crippen molar-refractivity contribution in [2.75, 3.05) is 11.4 Å². The van der Waals surface area contributed by atoms with Gasteiger partial charge in [-0.05, 0) is 76.1 Å². The van der Waals surface area contributed by atoms with E-state index < -0.39 is 0 Å². The van der Waals surface area contributed by atoms with Gasteiger partial charge in [-0.3, -0.25) is 4.79 Å². The number of amides is 1. The summed E-state index contributed by atoms with van der Waals surface area (Å²) in [6.07, 6.45) is 4.21. The van der Waals surface area contributed by atoms with Crippen LogP contribution in [0.4, 0.5) is 5.69 Å². The molecule has 0 N–H and O–H groups in total. The maximum Gasteiger partial charge on any atom is 0.230 e. The number of ether oxygens (including phenoxy) is 1. The van der Waals surface area contributed by atoms with Crippen LogP contribution >= 0.6 is 0 Å². The molecule has 1 fully saturated rings. The zero-order valence-electron chi connectivity index (χ0n) is 14.2. The first-order valence-corrected chi connectivity index (χ1v) is 8.52. The molecule has 0 saturated carbocycles. The molecule has 3 atom stereocenters. The maximum atomic E-state index is 13.1. The molecule has 2 aliphatic heterocycles. The quantitative estimate of drug-likeness (QED) is 0.790. The van der Waals surface area contributed by atoms with E-state index in [2.05, 4.69) is 39.8 Å². The molecule has 0 aromatic heterocycles. The van der Waals surface area contributed by atoms with Crippen molar-refractivity contribution < 1.29 is 9.53 Å². The third kappa shape index (κ3) is 2.91. The monoisotopic (exact) mass is 301 g/mol. The van der Waals surface area contributed by atoms with Crippen LogP contribution in [0.3, 0.4) is 0 Å². The van der Waals surface area contributed by atoms with Gasteiger partial charge in [0.25, 0.3) is 0 Å². The third-order valence-corrected chi connectivity index (χ3v) is 5.01. The Morgan fingerprint density at radius 3 is 2.55 bits per heavy atom. The van der Waals surface area contributed by atoms with E-state index in [0.29, 0.717) is 5.91 Å². The second-order valence-electron chi connectivity index (χ2n) is 7.10. The molecule has 1 amide bonds. The van der Waals surface area contributed by atoms with Crippen molar-refractivity contribution >= 4 is 11.6 Å². The van der Waals surface area contributed by atoms with Crippen LogP contribution < -0.4 is 4.90 Å². The second-order valence-corrected chi connectivity index (χ2v) is 7.10. The third-order valence-electron chi connectivity index (χ3n) is 5.01. The Morgan fingerprint density at radius 2 is 1.86 bits per heavy atom. The van der Waals surface area contributed by atoms with Crippen LogP contribution in [0.2, 0.25) is 0 Å². The summed E-state index contributed by atoms with van der Waals surface area (Å²) in [6.45, 7) is 9.29. The summed E-state index contributed by atoms with van der Waals surface area (Å²) in [5.74, 6) is 0.401. The fraction of sp³-hybridized carbons (Fsp3) is 0.632. The maximum absolute atomic E-state index is 13.1. The Labute approximate surface area is 133 Å². The van der Waals surface area contributed by atoms with Gasteiger partial charge in [0.05, 0.1) is 12.2 Å². The number of fused-ring (bicyclic) bond motifs is 1. The molecule has 2 aliphatic rings. The van der Waals surface area contributed by atoms with E-state index in [1.54, 1.807) is 0 Å². The molecule has 0 bridgehead atoms. The van der Waals surface area contributed by atoms with E-state index >= 15 is 0 Å². The highest BCUT2D eigenvalue weighted by molar-refractivity contribution is 5.96. The number of anilines is 1. The predicted octanol–water partition coefficient (Wildman–Crippen LogP) is 3.79. The highest BCUT2D eigenvalue weighted by Gasteiger charge is 2.34. The summed E-state index contributed by atoms with van der Waals surface area (Å²) < 4.78 is 5.79. The van der Waals surface area contributed by atoms with Crippen molar-refractivity contribution in [1.82, 2.24) is 0 Å². The van der Waals surface area contributed by atoms with Crippen molar-refractivity contribution in [2.45, 2.75) is 65.6 Å². The SMILES string of the molecule is Cc1cc(C)c2c(c1)N(C(=O)C1C[C@@H](C)O[C@@H](C)C1)CCC2. The Hall–Kier alpha value is -1.35. The van der Waals surface area contributed by atoms with E-state index in [0.717, 1.165) is 37.9 Å². The zero-order chi connectivity index (χ0) is 15.9. The first-order valence-electron chi connectivity index (χ1n) is 8.52. The first kappa shape index (κ1) is 15.5. The minimum Gasteiger partial charge on any atom is -0.376 e. The van der Waals surface area contributed by atoms with Gasteiger partial charge in [0, 0.05) is 18.2 Å². The van der Waals surface area contributed by atoms with E-state index in [9.17, 15) is 4.79 Å². The van der Waals surface area contributed by atoms with Gasteiger partial charge in [0.1, 0.15) is 0 Å². The summed E-state index contributed by atoms with van der Waals surface area (Å²) in [5.41, 5.74) is 5.07. The van der Waals surface area contributed by atoms with Crippen LogP contribution in [-0.2, 0) is 16.0 Å². The largest absolute Gasteiger partial charge is 0.376 e. The number of carbonyl (C=O) groups excluding carboxylic acids is 1. The van der Waals surface area contributed by atoms with Gasteiger partial charge in [-0.1, -0.05) is 6.07 Å². The van der Waals surface area contributed by atoms with Gasteiger partial charge in [-0.2, -0.15) is 0 Å². The number of hydrogen-bond donors (Lipinski definition) is 0. The molecule has 1 aromatic rings. The molecule has 0 spiro atoms. The lowest BCUT2D eigenvalue weighted by Gasteiger charge is -2.37. The summed E-state index contributed by atoms with van der Waals surface area (Å²) in [6, 6.07) is 4.41. The van der Waals surface area contributed by atoms with Crippen molar-refractivity contribution in [3.05, 3.63) is 28.8 Å². The van der Waals surface area contributed by atoms with Gasteiger partial charge in [-0.25, -0.2) is 0 Å². The lowest BCUT2D eigenvalue weighted by atomic mass is 9.89. The zero-order valence-corrected chi connectivity index (χ0v) is 14.2. The average molecular weight is 301 g/mol. The van der Waals surface area contributed by atoms with Crippen LogP contribution in [0, 0.1) is 19.8 Å². The smallest absolute Gasteiger partial charge is 0.230 e. The topological polar surface area (TPSA) is 29.5 Å². The number of rotatable bonds is 1. The fourth-order valence-corrected chi connectivity index (χ4v) is 4.13. The Morgan fingerprint density at radius 1 is 1.18 bits per heavy atom. The summed E-state index contributed by atoms with van der Waals surface area (Å²) in [5, 5.41) is 0. The number of aryl methyl sites for hydroxylation is 2. The van der Waals surface area contributed by atoms with E-state index in [-0.39, 0.29) is 18.1 Å². The summed E-state index contributed by atoms with van der Waals surface area (Å²) in [7, 11) is 0. The van der Waals surface area contributed by atoms with Crippen molar-refractivity contribution in [3.63, 3.8) is 0 Å². The summed E-state index contributed by atoms with van der Waals surface area (Å²) in [4.78, 5) is 15.1. The molecular formula is C19H27NO2. The normalized spacial score (nSPS) is 28.4.